The molecule has 0 saturated heterocycles. The molecule has 1 atom stereocenters. The summed E-state index contributed by atoms with van der Waals surface area (Å²) >= 11 is 1.52. The Hall–Kier alpha value is -2.85. The summed E-state index contributed by atoms with van der Waals surface area (Å²) < 4.78 is 0. The van der Waals surface area contributed by atoms with Gasteiger partial charge in [0.2, 0.25) is 0 Å². The normalized spacial score (nSPS) is 19.5. The molecule has 2 N–H and O–H groups in total. The lowest BCUT2D eigenvalue weighted by molar-refractivity contribution is -0.118. The van der Waals surface area contributed by atoms with Gasteiger partial charge in [-0.2, -0.15) is 5.26 Å². The summed E-state index contributed by atoms with van der Waals surface area (Å²) in [6.45, 7) is 8.40. The summed E-state index contributed by atoms with van der Waals surface area (Å²) in [7, 11) is 0. The summed E-state index contributed by atoms with van der Waals surface area (Å²) in [6, 6.07) is 9.23. The molecule has 0 saturated carbocycles. The van der Waals surface area contributed by atoms with Crippen LogP contribution in [0.4, 0.5) is 5.82 Å². The quantitative estimate of drug-likeness (QED) is 0.539. The number of nitriles is 1. The zero-order valence-corrected chi connectivity index (χ0v) is 19.0. The highest BCUT2D eigenvalue weighted by Crippen LogP contribution is 2.47. The first-order chi connectivity index (χ1) is 14.7. The second-order valence-electron chi connectivity index (χ2n) is 9.46. The van der Waals surface area contributed by atoms with E-state index >= 15 is 0 Å². The van der Waals surface area contributed by atoms with Crippen LogP contribution in [0, 0.1) is 22.7 Å². The SMILES string of the molecule is CC(C)CSc1nc2c(c(=O)[nH]1)C(c1ccc(C#N)cc1)C1=C(CC(C)(C)CC1=O)N2. The van der Waals surface area contributed by atoms with Gasteiger partial charge in [-0.25, -0.2) is 4.98 Å². The maximum absolute atomic E-state index is 13.2. The summed E-state index contributed by atoms with van der Waals surface area (Å²) in [5.41, 5.74) is 2.92. The number of fused-ring (bicyclic) bond motifs is 1. The van der Waals surface area contributed by atoms with Crippen molar-refractivity contribution in [3.8, 4) is 6.07 Å². The molecule has 7 heteroatoms. The lowest BCUT2D eigenvalue weighted by atomic mass is 9.69. The van der Waals surface area contributed by atoms with Gasteiger partial charge in [0.05, 0.1) is 17.2 Å². The molecular weight excluding hydrogens is 408 g/mol. The van der Waals surface area contributed by atoms with Crippen molar-refractivity contribution in [2.45, 2.75) is 51.6 Å². The number of carbonyl (C=O) groups excluding carboxylic acids is 1. The lowest BCUT2D eigenvalue weighted by Gasteiger charge is -2.38. The number of ketones is 1. The van der Waals surface area contributed by atoms with Crippen LogP contribution in [0.15, 0.2) is 45.5 Å². The number of nitrogens with zero attached hydrogens (tertiary/aromatic N) is 2. The van der Waals surface area contributed by atoms with Gasteiger partial charge in [-0.15, -0.1) is 0 Å². The Bertz CT molecular complexity index is 1170. The molecule has 2 heterocycles. The summed E-state index contributed by atoms with van der Waals surface area (Å²) in [5, 5.41) is 13.1. The third kappa shape index (κ3) is 4.17. The van der Waals surface area contributed by atoms with E-state index in [0.29, 0.717) is 46.4 Å². The summed E-state index contributed by atoms with van der Waals surface area (Å²) in [4.78, 5) is 34.1. The molecule has 160 valence electrons. The lowest BCUT2D eigenvalue weighted by Crippen LogP contribution is -2.37. The number of anilines is 1. The molecule has 2 aromatic rings. The van der Waals surface area contributed by atoms with E-state index in [1.807, 2.05) is 12.1 Å². The second kappa shape index (κ2) is 8.01. The van der Waals surface area contributed by atoms with Crippen LogP contribution in [0.25, 0.3) is 0 Å². The number of nitrogens with one attached hydrogen (secondary N) is 2. The summed E-state index contributed by atoms with van der Waals surface area (Å²) in [6.07, 6.45) is 1.15. The van der Waals surface area contributed by atoms with Gasteiger partial charge in [0.25, 0.3) is 5.56 Å². The first kappa shape index (κ1) is 21.4. The molecule has 31 heavy (non-hydrogen) atoms. The van der Waals surface area contributed by atoms with Crippen LogP contribution < -0.4 is 10.9 Å². The van der Waals surface area contributed by atoms with Gasteiger partial charge in [-0.3, -0.25) is 9.59 Å². The van der Waals surface area contributed by atoms with E-state index in [1.54, 1.807) is 12.1 Å². The molecule has 2 aliphatic rings. The van der Waals surface area contributed by atoms with Gasteiger partial charge in [0, 0.05) is 29.4 Å². The van der Waals surface area contributed by atoms with Crippen molar-refractivity contribution in [2.24, 2.45) is 11.3 Å². The van der Waals surface area contributed by atoms with Crippen molar-refractivity contribution in [1.82, 2.24) is 9.97 Å². The molecule has 4 rings (SSSR count). The van der Waals surface area contributed by atoms with E-state index in [4.69, 9.17) is 10.2 Å². The van der Waals surface area contributed by atoms with Crippen molar-refractivity contribution >= 4 is 23.4 Å². The first-order valence-electron chi connectivity index (χ1n) is 10.5. The molecule has 1 aromatic heterocycles. The highest BCUT2D eigenvalue weighted by molar-refractivity contribution is 7.99. The van der Waals surface area contributed by atoms with Crippen molar-refractivity contribution in [3.05, 3.63) is 62.6 Å². The largest absolute Gasteiger partial charge is 0.343 e. The number of carbonyl (C=O) groups is 1. The van der Waals surface area contributed by atoms with Gasteiger partial charge < -0.3 is 10.3 Å². The fraction of sp³-hybridized carbons (Fsp3) is 0.417. The average molecular weight is 435 g/mol. The van der Waals surface area contributed by atoms with Gasteiger partial charge in [0.1, 0.15) is 5.82 Å². The Balaban J connectivity index is 1.88. The zero-order chi connectivity index (χ0) is 22.3. The number of aromatic nitrogens is 2. The van der Waals surface area contributed by atoms with Crippen LogP contribution in [0.1, 0.15) is 63.1 Å². The van der Waals surface area contributed by atoms with Crippen molar-refractivity contribution in [3.63, 3.8) is 0 Å². The fourth-order valence-corrected chi connectivity index (χ4v) is 5.10. The smallest absolute Gasteiger partial charge is 0.257 e. The third-order valence-electron chi connectivity index (χ3n) is 5.63. The number of hydrogen-bond acceptors (Lipinski definition) is 6. The molecule has 1 aliphatic carbocycles. The monoisotopic (exact) mass is 434 g/mol. The van der Waals surface area contributed by atoms with Crippen molar-refractivity contribution < 1.29 is 4.79 Å². The number of allylic oxidation sites excluding steroid dienone is 2. The average Bonchev–Trinajstić information content (AvgIpc) is 2.70. The number of H-pyrrole nitrogens is 1. The van der Waals surface area contributed by atoms with E-state index < -0.39 is 5.92 Å². The van der Waals surface area contributed by atoms with Crippen LogP contribution in [-0.2, 0) is 4.79 Å². The van der Waals surface area contributed by atoms with Gasteiger partial charge >= 0.3 is 0 Å². The Kier molecular flexibility index (Phi) is 5.52. The molecule has 1 unspecified atom stereocenters. The van der Waals surface area contributed by atoms with E-state index in [1.165, 1.54) is 11.8 Å². The predicted octanol–water partition coefficient (Wildman–Crippen LogP) is 4.59. The minimum atomic E-state index is -0.497. The molecular formula is C24H26N4O2S. The molecule has 6 nitrogen and oxygen atoms in total. The predicted molar refractivity (Wildman–Crippen MR) is 122 cm³/mol. The topological polar surface area (TPSA) is 98.6 Å². The minimum Gasteiger partial charge on any atom is -0.343 e. The molecule has 0 amide bonds. The fourth-order valence-electron chi connectivity index (χ4n) is 4.29. The molecule has 0 fully saturated rings. The molecule has 1 aliphatic heterocycles. The Morgan fingerprint density at radius 3 is 2.58 bits per heavy atom. The van der Waals surface area contributed by atoms with Crippen LogP contribution in [-0.4, -0.2) is 21.5 Å². The number of hydrogen-bond donors (Lipinski definition) is 2. The zero-order valence-electron chi connectivity index (χ0n) is 18.2. The number of aromatic amines is 1. The summed E-state index contributed by atoms with van der Waals surface area (Å²) in [5.74, 6) is 1.39. The van der Waals surface area contributed by atoms with E-state index in [0.717, 1.165) is 17.0 Å². The van der Waals surface area contributed by atoms with Crippen molar-refractivity contribution in [2.75, 3.05) is 11.1 Å². The van der Waals surface area contributed by atoms with Gasteiger partial charge in [-0.05, 0) is 35.4 Å². The Labute approximate surface area is 186 Å². The highest BCUT2D eigenvalue weighted by atomic mass is 32.2. The molecule has 0 radical (unpaired) electrons. The maximum atomic E-state index is 13.2. The number of benzene rings is 1. The van der Waals surface area contributed by atoms with Gasteiger partial charge in [-0.1, -0.05) is 51.6 Å². The van der Waals surface area contributed by atoms with Gasteiger partial charge in [0.15, 0.2) is 10.9 Å². The molecule has 0 bridgehead atoms. The van der Waals surface area contributed by atoms with E-state index in [9.17, 15) is 9.59 Å². The third-order valence-corrected chi connectivity index (χ3v) is 6.93. The number of Topliss-reactive ketones (excluding diaryl/α,β-unsaturated/α-hetero) is 1. The Morgan fingerprint density at radius 1 is 1.23 bits per heavy atom. The number of thioether (sulfide) groups is 1. The Morgan fingerprint density at radius 2 is 1.94 bits per heavy atom. The van der Waals surface area contributed by atoms with E-state index in [2.05, 4.69) is 44.1 Å². The first-order valence-corrected chi connectivity index (χ1v) is 11.5. The standard InChI is InChI=1S/C24H26N4O2S/c1-13(2)12-31-23-27-21-20(22(30)28-23)18(15-7-5-14(11-25)6-8-15)19-16(26-21)9-24(3,4)10-17(19)29/h5-8,13,18H,9-10,12H2,1-4H3,(H2,26,27,28,30). The molecule has 1 aromatic carbocycles. The maximum Gasteiger partial charge on any atom is 0.257 e. The van der Waals surface area contributed by atoms with Crippen LogP contribution in [0.5, 0.6) is 0 Å². The van der Waals surface area contributed by atoms with Crippen LogP contribution in [0.3, 0.4) is 0 Å². The van der Waals surface area contributed by atoms with E-state index in [-0.39, 0.29) is 16.8 Å². The van der Waals surface area contributed by atoms with Crippen LogP contribution in [0.2, 0.25) is 0 Å². The van der Waals surface area contributed by atoms with Crippen LogP contribution >= 0.6 is 11.8 Å². The van der Waals surface area contributed by atoms with Crippen molar-refractivity contribution in [1.29, 1.82) is 5.26 Å². The number of rotatable bonds is 4. The minimum absolute atomic E-state index is 0.0522. The second-order valence-corrected chi connectivity index (χ2v) is 10.5. The molecule has 0 spiro atoms. The highest BCUT2D eigenvalue weighted by Gasteiger charge is 2.42.